The largest absolute Gasteiger partial charge is 0.378 e. The minimum Gasteiger partial charge on any atom is -0.378 e. The topological polar surface area (TPSA) is 41.6 Å². The lowest BCUT2D eigenvalue weighted by Crippen LogP contribution is -2.44. The summed E-state index contributed by atoms with van der Waals surface area (Å²) in [5, 5.41) is 3.44. The SMILES string of the molecule is Cc1ccc(C2NC(C)C(=O)N2C2CCOC(C)C2)s1. The average Bonchev–Trinajstić information content (AvgIpc) is 2.95. The van der Waals surface area contributed by atoms with Gasteiger partial charge in [-0.25, -0.2) is 0 Å². The first-order valence-electron chi connectivity index (χ1n) is 7.32. The van der Waals surface area contributed by atoms with Crippen LogP contribution in [0, 0.1) is 6.92 Å². The number of nitrogens with one attached hydrogen (secondary N) is 1. The highest BCUT2D eigenvalue weighted by molar-refractivity contribution is 7.12. The Morgan fingerprint density at radius 1 is 1.40 bits per heavy atom. The number of hydrogen-bond donors (Lipinski definition) is 1. The fourth-order valence-electron chi connectivity index (χ4n) is 3.18. The zero-order valence-corrected chi connectivity index (χ0v) is 13.1. The summed E-state index contributed by atoms with van der Waals surface area (Å²) in [4.78, 5) is 17.1. The lowest BCUT2D eigenvalue weighted by molar-refractivity contribution is -0.135. The van der Waals surface area contributed by atoms with Gasteiger partial charge in [-0.1, -0.05) is 0 Å². The molecule has 2 saturated heterocycles. The van der Waals surface area contributed by atoms with Gasteiger partial charge in [0.25, 0.3) is 0 Å². The van der Waals surface area contributed by atoms with Gasteiger partial charge in [0.1, 0.15) is 6.17 Å². The summed E-state index contributed by atoms with van der Waals surface area (Å²) >= 11 is 1.77. The van der Waals surface area contributed by atoms with E-state index in [4.69, 9.17) is 4.74 Å². The molecular formula is C15H22N2O2S. The Hall–Kier alpha value is -0.910. The monoisotopic (exact) mass is 294 g/mol. The lowest BCUT2D eigenvalue weighted by atomic mass is 10.0. The summed E-state index contributed by atoms with van der Waals surface area (Å²) in [6, 6.07) is 4.45. The number of nitrogens with zero attached hydrogens (tertiary/aromatic N) is 1. The molecule has 20 heavy (non-hydrogen) atoms. The third-order valence-corrected chi connectivity index (χ3v) is 5.25. The Balaban J connectivity index is 1.86. The van der Waals surface area contributed by atoms with Crippen LogP contribution in [-0.4, -0.2) is 35.6 Å². The second kappa shape index (κ2) is 5.47. The Morgan fingerprint density at radius 3 is 2.85 bits per heavy atom. The summed E-state index contributed by atoms with van der Waals surface area (Å²) < 4.78 is 5.62. The minimum absolute atomic E-state index is 0.0338. The van der Waals surface area contributed by atoms with Gasteiger partial charge in [-0.2, -0.15) is 0 Å². The van der Waals surface area contributed by atoms with Crippen molar-refractivity contribution < 1.29 is 9.53 Å². The predicted molar refractivity (Wildman–Crippen MR) is 79.7 cm³/mol. The van der Waals surface area contributed by atoms with E-state index in [1.54, 1.807) is 11.3 Å². The first-order chi connectivity index (χ1) is 9.56. The summed E-state index contributed by atoms with van der Waals surface area (Å²) in [7, 11) is 0. The van der Waals surface area contributed by atoms with Gasteiger partial charge < -0.3 is 9.64 Å². The van der Waals surface area contributed by atoms with Crippen molar-refractivity contribution in [3.05, 3.63) is 21.9 Å². The number of ether oxygens (including phenoxy) is 1. The van der Waals surface area contributed by atoms with Crippen LogP contribution >= 0.6 is 11.3 Å². The molecule has 0 radical (unpaired) electrons. The highest BCUT2D eigenvalue weighted by Crippen LogP contribution is 2.35. The van der Waals surface area contributed by atoms with Gasteiger partial charge in [0.2, 0.25) is 5.91 Å². The van der Waals surface area contributed by atoms with Crippen molar-refractivity contribution in [1.82, 2.24) is 10.2 Å². The van der Waals surface area contributed by atoms with E-state index in [9.17, 15) is 4.79 Å². The van der Waals surface area contributed by atoms with Gasteiger partial charge >= 0.3 is 0 Å². The average molecular weight is 294 g/mol. The normalized spacial score (nSPS) is 34.8. The fraction of sp³-hybridized carbons (Fsp3) is 0.667. The maximum Gasteiger partial charge on any atom is 0.241 e. The molecular weight excluding hydrogens is 272 g/mol. The second-order valence-corrected chi connectivity index (χ2v) is 7.16. The molecule has 3 heterocycles. The molecule has 1 N–H and O–H groups in total. The first kappa shape index (κ1) is 14.0. The van der Waals surface area contributed by atoms with Crippen LogP contribution in [0.3, 0.4) is 0 Å². The first-order valence-corrected chi connectivity index (χ1v) is 8.14. The van der Waals surface area contributed by atoms with Crippen LogP contribution in [0.4, 0.5) is 0 Å². The third kappa shape index (κ3) is 2.50. The van der Waals surface area contributed by atoms with Crippen LogP contribution in [0.15, 0.2) is 12.1 Å². The van der Waals surface area contributed by atoms with E-state index in [1.807, 2.05) is 6.92 Å². The molecule has 4 atom stereocenters. The van der Waals surface area contributed by atoms with Crippen molar-refractivity contribution >= 4 is 17.2 Å². The number of hydrogen-bond acceptors (Lipinski definition) is 4. The second-order valence-electron chi connectivity index (χ2n) is 5.84. The molecule has 110 valence electrons. The minimum atomic E-state index is -0.0967. The van der Waals surface area contributed by atoms with Crippen molar-refractivity contribution in [1.29, 1.82) is 0 Å². The van der Waals surface area contributed by atoms with Crippen molar-refractivity contribution in [3.8, 4) is 0 Å². The quantitative estimate of drug-likeness (QED) is 0.911. The Labute approximate surface area is 124 Å². The van der Waals surface area contributed by atoms with E-state index >= 15 is 0 Å². The van der Waals surface area contributed by atoms with E-state index in [-0.39, 0.29) is 30.3 Å². The van der Waals surface area contributed by atoms with Crippen molar-refractivity contribution in [2.24, 2.45) is 0 Å². The van der Waals surface area contributed by atoms with Gasteiger partial charge in [0.05, 0.1) is 12.1 Å². The van der Waals surface area contributed by atoms with Crippen molar-refractivity contribution in [2.45, 2.75) is 58.0 Å². The summed E-state index contributed by atoms with van der Waals surface area (Å²) in [5.41, 5.74) is 0. The summed E-state index contributed by atoms with van der Waals surface area (Å²) in [5.74, 6) is 0.222. The highest BCUT2D eigenvalue weighted by Gasteiger charge is 2.42. The maximum atomic E-state index is 12.5. The lowest BCUT2D eigenvalue weighted by Gasteiger charge is -2.37. The molecule has 0 bridgehead atoms. The number of amides is 1. The van der Waals surface area contributed by atoms with E-state index in [0.717, 1.165) is 19.4 Å². The van der Waals surface area contributed by atoms with Crippen LogP contribution in [-0.2, 0) is 9.53 Å². The van der Waals surface area contributed by atoms with Crippen molar-refractivity contribution in [2.75, 3.05) is 6.61 Å². The number of carbonyl (C=O) groups excluding carboxylic acids is 1. The van der Waals surface area contributed by atoms with E-state index in [1.165, 1.54) is 9.75 Å². The number of carbonyl (C=O) groups is 1. The van der Waals surface area contributed by atoms with E-state index < -0.39 is 0 Å². The molecule has 0 aliphatic carbocycles. The van der Waals surface area contributed by atoms with Crippen LogP contribution < -0.4 is 5.32 Å². The molecule has 0 aromatic carbocycles. The molecule has 2 aliphatic rings. The molecule has 4 nitrogen and oxygen atoms in total. The molecule has 0 saturated carbocycles. The van der Waals surface area contributed by atoms with Gasteiger partial charge in [-0.3, -0.25) is 10.1 Å². The highest BCUT2D eigenvalue weighted by atomic mass is 32.1. The van der Waals surface area contributed by atoms with Crippen molar-refractivity contribution in [3.63, 3.8) is 0 Å². The predicted octanol–water partition coefficient (Wildman–Crippen LogP) is 2.44. The van der Waals surface area contributed by atoms with Gasteiger partial charge in [0.15, 0.2) is 0 Å². The third-order valence-electron chi connectivity index (χ3n) is 4.19. The number of aryl methyl sites for hydroxylation is 1. The molecule has 4 unspecified atom stereocenters. The zero-order chi connectivity index (χ0) is 14.3. The van der Waals surface area contributed by atoms with Crippen LogP contribution in [0.25, 0.3) is 0 Å². The summed E-state index contributed by atoms with van der Waals surface area (Å²) in [6.07, 6.45) is 2.14. The molecule has 1 aromatic rings. The Kier molecular flexibility index (Phi) is 3.84. The molecule has 2 fully saturated rings. The molecule has 0 spiro atoms. The molecule has 5 heteroatoms. The summed E-state index contributed by atoms with van der Waals surface area (Å²) in [6.45, 7) is 6.90. The standard InChI is InChI=1S/C15H22N2O2S/c1-9-8-12(6-7-19-9)17-14(16-11(3)15(17)18)13-5-4-10(2)20-13/h4-5,9,11-12,14,16H,6-8H2,1-3H3. The van der Waals surface area contributed by atoms with Crippen LogP contribution in [0.5, 0.6) is 0 Å². The van der Waals surface area contributed by atoms with Gasteiger partial charge in [0, 0.05) is 22.4 Å². The van der Waals surface area contributed by atoms with Gasteiger partial charge in [-0.05, 0) is 45.7 Å². The molecule has 1 aromatic heterocycles. The number of thiophene rings is 1. The zero-order valence-electron chi connectivity index (χ0n) is 12.3. The molecule has 3 rings (SSSR count). The smallest absolute Gasteiger partial charge is 0.241 e. The maximum absolute atomic E-state index is 12.5. The Bertz CT molecular complexity index is 502. The van der Waals surface area contributed by atoms with Gasteiger partial charge in [-0.15, -0.1) is 11.3 Å². The van der Waals surface area contributed by atoms with Crippen LogP contribution in [0.2, 0.25) is 0 Å². The van der Waals surface area contributed by atoms with Crippen LogP contribution in [0.1, 0.15) is 42.6 Å². The van der Waals surface area contributed by atoms with E-state index in [0.29, 0.717) is 0 Å². The molecule has 1 amide bonds. The Morgan fingerprint density at radius 2 is 2.20 bits per heavy atom. The molecule has 2 aliphatic heterocycles. The van der Waals surface area contributed by atoms with E-state index in [2.05, 4.69) is 36.2 Å². The fourth-order valence-corrected chi connectivity index (χ4v) is 4.11. The number of rotatable bonds is 2.